The Morgan fingerprint density at radius 1 is 1.00 bits per heavy atom. The van der Waals surface area contributed by atoms with Crippen molar-refractivity contribution in [3.8, 4) is 0 Å². The Bertz CT molecular complexity index is 296. The van der Waals surface area contributed by atoms with E-state index in [1.54, 1.807) is 0 Å². The summed E-state index contributed by atoms with van der Waals surface area (Å²) in [5.74, 6) is 1.54. The van der Waals surface area contributed by atoms with Crippen molar-refractivity contribution in [3.63, 3.8) is 0 Å². The van der Waals surface area contributed by atoms with E-state index < -0.39 is 7.26 Å². The van der Waals surface area contributed by atoms with Crippen LogP contribution in [-0.4, -0.2) is 30.2 Å². The first-order valence-corrected chi connectivity index (χ1v) is 9.37. The summed E-state index contributed by atoms with van der Waals surface area (Å²) in [5, 5.41) is 0. The highest BCUT2D eigenvalue weighted by Crippen LogP contribution is 2.60. The number of hydrogen-bond acceptors (Lipinski definition) is 1. The molecular weight excluding hydrogens is 432 g/mol. The third kappa shape index (κ3) is 8.90. The molecule has 0 aliphatic rings. The molecular formula is C13H24Br2Cl2NP. The maximum atomic E-state index is 5.95. The molecule has 0 atom stereocenters. The average Bonchev–Trinajstić information content (AvgIpc) is 2.31. The van der Waals surface area contributed by atoms with Gasteiger partial charge in [0, 0.05) is 7.26 Å². The lowest BCUT2D eigenvalue weighted by atomic mass is 10.2. The molecule has 114 valence electrons. The number of benzene rings is 1. The highest BCUT2D eigenvalue weighted by molar-refractivity contribution is 8.93. The molecule has 0 aliphatic heterocycles. The largest absolute Gasteiger partial charge is 1.00 e. The molecule has 0 unspecified atom stereocenters. The van der Waals surface area contributed by atoms with Gasteiger partial charge in [0.2, 0.25) is 0 Å². The van der Waals surface area contributed by atoms with Crippen LogP contribution in [0.25, 0.3) is 0 Å². The lowest BCUT2D eigenvalue weighted by Gasteiger charge is -2.25. The molecule has 3 N–H and O–H groups in total. The van der Waals surface area contributed by atoms with Crippen LogP contribution >= 0.6 is 47.4 Å². The normalized spacial score (nSPS) is 9.84. The maximum absolute atomic E-state index is 5.95. The monoisotopic (exact) mass is 453 g/mol. The first kappa shape index (κ1) is 25.1. The molecule has 0 bridgehead atoms. The second-order valence-electron chi connectivity index (χ2n) is 4.13. The van der Waals surface area contributed by atoms with E-state index in [4.69, 9.17) is 23.2 Å². The van der Waals surface area contributed by atoms with Crippen LogP contribution in [0.3, 0.4) is 0 Å². The van der Waals surface area contributed by atoms with Gasteiger partial charge in [0.05, 0.1) is 36.4 Å². The van der Waals surface area contributed by atoms with Gasteiger partial charge >= 0.3 is 0 Å². The highest BCUT2D eigenvalue weighted by atomic mass is 79.9. The molecule has 6 heteroatoms. The van der Waals surface area contributed by atoms with Gasteiger partial charge in [-0.1, -0.05) is 30.3 Å². The summed E-state index contributed by atoms with van der Waals surface area (Å²) in [5.41, 5.74) is 1.44. The van der Waals surface area contributed by atoms with Crippen LogP contribution in [0.2, 0.25) is 0 Å². The lowest BCUT2D eigenvalue weighted by Crippen LogP contribution is -3.00. The predicted molar refractivity (Wildman–Crippen MR) is 94.1 cm³/mol. The number of rotatable bonds is 7. The summed E-state index contributed by atoms with van der Waals surface area (Å²) in [6.45, 7) is 2.29. The summed E-state index contributed by atoms with van der Waals surface area (Å²) in [4.78, 5) is 0. The third-order valence-electron chi connectivity index (χ3n) is 3.15. The molecule has 0 heterocycles. The Morgan fingerprint density at radius 3 is 1.84 bits per heavy atom. The van der Waals surface area contributed by atoms with Crippen molar-refractivity contribution in [3.05, 3.63) is 35.9 Å². The fourth-order valence-electron chi connectivity index (χ4n) is 2.03. The van der Waals surface area contributed by atoms with Crippen molar-refractivity contribution in [1.29, 1.82) is 0 Å². The second kappa shape index (κ2) is 14.1. The van der Waals surface area contributed by atoms with Crippen molar-refractivity contribution in [1.82, 2.24) is 6.15 Å². The Hall–Kier alpha value is 1.15. The van der Waals surface area contributed by atoms with Gasteiger partial charge in [-0.15, -0.1) is 40.2 Å². The molecule has 1 rings (SSSR count). The first-order valence-electron chi connectivity index (χ1n) is 5.77. The summed E-state index contributed by atoms with van der Waals surface area (Å²) >= 11 is 11.9. The lowest BCUT2D eigenvalue weighted by molar-refractivity contribution is -0.00000389. The Kier molecular flexibility index (Phi) is 18.6. The van der Waals surface area contributed by atoms with Gasteiger partial charge in [-0.25, -0.2) is 0 Å². The Morgan fingerprint density at radius 2 is 1.47 bits per heavy atom. The molecule has 19 heavy (non-hydrogen) atoms. The standard InChI is InChI=1S/C13H20Cl2P.2BrH.H3N/c1-2-16(10-8-14,11-9-15)12-13-6-4-3-5-7-13;;;/h3-7H,2,8-12H2,1H3;2*1H;1H3/q+1;;;/p-1. The Balaban J connectivity index is -0.000000853. The van der Waals surface area contributed by atoms with Crippen molar-refractivity contribution < 1.29 is 17.0 Å². The molecule has 0 amide bonds. The topological polar surface area (TPSA) is 35.0 Å². The van der Waals surface area contributed by atoms with E-state index in [2.05, 4.69) is 37.3 Å². The SMILES string of the molecule is Br.CC[P+](CCCl)(CCCl)Cc1ccccc1.N.[Br-]. The van der Waals surface area contributed by atoms with E-state index in [1.165, 1.54) is 17.9 Å². The second-order valence-corrected chi connectivity index (χ2v) is 9.41. The molecule has 0 saturated carbocycles. The van der Waals surface area contributed by atoms with Crippen LogP contribution in [0.15, 0.2) is 30.3 Å². The molecule has 0 aromatic heterocycles. The van der Waals surface area contributed by atoms with E-state index in [-0.39, 0.29) is 40.1 Å². The number of alkyl halides is 2. The molecule has 0 fully saturated rings. The van der Waals surface area contributed by atoms with Gasteiger partial charge in [0.25, 0.3) is 0 Å². The fraction of sp³-hybridized carbons (Fsp3) is 0.538. The quantitative estimate of drug-likeness (QED) is 0.497. The van der Waals surface area contributed by atoms with Gasteiger partial charge in [-0.05, 0) is 12.5 Å². The average molecular weight is 456 g/mol. The van der Waals surface area contributed by atoms with E-state index in [0.717, 1.165) is 24.1 Å². The van der Waals surface area contributed by atoms with Gasteiger partial charge in [0.15, 0.2) is 0 Å². The first-order chi connectivity index (χ1) is 7.76. The molecule has 1 nitrogen and oxygen atoms in total. The Labute approximate surface area is 149 Å². The number of halogens is 4. The van der Waals surface area contributed by atoms with Gasteiger partial charge in [-0.2, -0.15) is 0 Å². The minimum absolute atomic E-state index is 0. The van der Waals surface area contributed by atoms with Crippen LogP contribution < -0.4 is 23.1 Å². The zero-order chi connectivity index (χ0) is 11.9. The van der Waals surface area contributed by atoms with Crippen LogP contribution in [0.1, 0.15) is 12.5 Å². The summed E-state index contributed by atoms with van der Waals surface area (Å²) in [6.07, 6.45) is 4.77. The minimum atomic E-state index is -0.963. The third-order valence-corrected chi connectivity index (χ3v) is 8.78. The zero-order valence-electron chi connectivity index (χ0n) is 11.3. The molecule has 1 aromatic rings. The summed E-state index contributed by atoms with van der Waals surface area (Å²) in [7, 11) is -0.963. The van der Waals surface area contributed by atoms with E-state index in [1.807, 2.05) is 0 Å². The van der Waals surface area contributed by atoms with Gasteiger partial charge in [-0.3, -0.25) is 0 Å². The van der Waals surface area contributed by atoms with Crippen LogP contribution in [0.4, 0.5) is 0 Å². The molecule has 0 aliphatic carbocycles. The highest BCUT2D eigenvalue weighted by Gasteiger charge is 2.34. The van der Waals surface area contributed by atoms with Gasteiger partial charge < -0.3 is 23.1 Å². The molecule has 0 radical (unpaired) electrons. The maximum Gasteiger partial charge on any atom is 0.0843 e. The van der Waals surface area contributed by atoms with Crippen molar-refractivity contribution in [2.75, 3.05) is 30.2 Å². The van der Waals surface area contributed by atoms with Crippen LogP contribution in [0.5, 0.6) is 0 Å². The van der Waals surface area contributed by atoms with Gasteiger partial charge in [0.1, 0.15) is 0 Å². The van der Waals surface area contributed by atoms with Crippen LogP contribution in [-0.2, 0) is 6.16 Å². The smallest absolute Gasteiger partial charge is 0.0843 e. The predicted octanol–water partition coefficient (Wildman–Crippen LogP) is 2.45. The van der Waals surface area contributed by atoms with Crippen LogP contribution in [0, 0.1) is 0 Å². The van der Waals surface area contributed by atoms with Crippen molar-refractivity contribution >= 4 is 47.4 Å². The fourth-order valence-corrected chi connectivity index (χ4v) is 7.28. The minimum Gasteiger partial charge on any atom is -1.00 e. The van der Waals surface area contributed by atoms with E-state index in [0.29, 0.717) is 0 Å². The summed E-state index contributed by atoms with van der Waals surface area (Å²) in [6, 6.07) is 10.7. The number of hydrogen-bond donors (Lipinski definition) is 1. The summed E-state index contributed by atoms with van der Waals surface area (Å²) < 4.78 is 0. The van der Waals surface area contributed by atoms with E-state index in [9.17, 15) is 0 Å². The van der Waals surface area contributed by atoms with E-state index >= 15 is 0 Å². The molecule has 1 aromatic carbocycles. The van der Waals surface area contributed by atoms with Crippen molar-refractivity contribution in [2.45, 2.75) is 13.1 Å². The van der Waals surface area contributed by atoms with Crippen molar-refractivity contribution in [2.24, 2.45) is 0 Å². The molecule has 0 spiro atoms. The zero-order valence-corrected chi connectivity index (χ0v) is 17.0. The molecule has 0 saturated heterocycles.